The molecular weight excluding hydrogens is 192 g/mol. The number of carboxylic acid groups (broad SMARTS) is 1. The molecule has 0 aliphatic carbocycles. The van der Waals surface area contributed by atoms with Crippen molar-refractivity contribution in [3.8, 4) is 0 Å². The summed E-state index contributed by atoms with van der Waals surface area (Å²) < 4.78 is 0. The molecule has 1 atom stereocenters. The molecule has 1 heterocycles. The Morgan fingerprint density at radius 3 is 2.53 bits per heavy atom. The second kappa shape index (κ2) is 4.94. The maximum atomic E-state index is 10.7. The average molecular weight is 214 g/mol. The van der Waals surface area contributed by atoms with Crippen LogP contribution < -0.4 is 5.32 Å². The van der Waals surface area contributed by atoms with Crippen LogP contribution in [-0.2, 0) is 4.79 Å². The summed E-state index contributed by atoms with van der Waals surface area (Å²) in [5, 5.41) is 11.9. The Morgan fingerprint density at radius 2 is 2.07 bits per heavy atom. The van der Waals surface area contributed by atoms with Gasteiger partial charge < -0.3 is 15.3 Å². The third-order valence-corrected chi connectivity index (χ3v) is 3.40. The highest BCUT2D eigenvalue weighted by Crippen LogP contribution is 2.29. The average Bonchev–Trinajstić information content (AvgIpc) is 2.19. The number of carbonyl (C=O) groups is 1. The van der Waals surface area contributed by atoms with Gasteiger partial charge in [-0.1, -0.05) is 6.92 Å². The van der Waals surface area contributed by atoms with Gasteiger partial charge in [-0.25, -0.2) is 0 Å². The Labute approximate surface area is 91.6 Å². The molecule has 0 aromatic carbocycles. The Hall–Kier alpha value is -0.610. The zero-order chi connectivity index (χ0) is 11.5. The molecule has 0 spiro atoms. The first-order valence-electron chi connectivity index (χ1n) is 5.58. The van der Waals surface area contributed by atoms with Gasteiger partial charge in [0.25, 0.3) is 0 Å². The van der Waals surface area contributed by atoms with Crippen molar-refractivity contribution >= 4 is 5.97 Å². The third-order valence-electron chi connectivity index (χ3n) is 3.40. The van der Waals surface area contributed by atoms with Gasteiger partial charge in [-0.2, -0.15) is 0 Å². The molecule has 1 aliphatic rings. The lowest BCUT2D eigenvalue weighted by Crippen LogP contribution is -2.45. The third kappa shape index (κ3) is 3.80. The van der Waals surface area contributed by atoms with Gasteiger partial charge in [0, 0.05) is 6.54 Å². The molecule has 0 aromatic rings. The standard InChI is InChI=1S/C11H22N2O2/c1-9(10(14)15)12-8-11(2)4-6-13(3)7-5-11/h9,12H,4-8H2,1-3H3,(H,14,15). The first kappa shape index (κ1) is 12.5. The molecule has 15 heavy (non-hydrogen) atoms. The van der Waals surface area contributed by atoms with Gasteiger partial charge in [0.2, 0.25) is 0 Å². The van der Waals surface area contributed by atoms with Crippen LogP contribution >= 0.6 is 0 Å². The lowest BCUT2D eigenvalue weighted by molar-refractivity contribution is -0.139. The van der Waals surface area contributed by atoms with E-state index < -0.39 is 12.0 Å². The van der Waals surface area contributed by atoms with Crippen molar-refractivity contribution in [3.63, 3.8) is 0 Å². The van der Waals surface area contributed by atoms with Crippen LogP contribution in [0.5, 0.6) is 0 Å². The fraction of sp³-hybridized carbons (Fsp3) is 0.909. The summed E-state index contributed by atoms with van der Waals surface area (Å²) in [5.41, 5.74) is 0.260. The minimum atomic E-state index is -0.772. The van der Waals surface area contributed by atoms with Crippen molar-refractivity contribution in [2.24, 2.45) is 5.41 Å². The summed E-state index contributed by atoms with van der Waals surface area (Å²) >= 11 is 0. The number of piperidine rings is 1. The molecular formula is C11H22N2O2. The molecule has 1 saturated heterocycles. The predicted molar refractivity (Wildman–Crippen MR) is 59.9 cm³/mol. The summed E-state index contributed by atoms with van der Waals surface area (Å²) in [4.78, 5) is 13.0. The largest absolute Gasteiger partial charge is 0.480 e. The van der Waals surface area contributed by atoms with E-state index in [0.29, 0.717) is 0 Å². The van der Waals surface area contributed by atoms with E-state index >= 15 is 0 Å². The smallest absolute Gasteiger partial charge is 0.320 e. The highest BCUT2D eigenvalue weighted by atomic mass is 16.4. The van der Waals surface area contributed by atoms with Crippen molar-refractivity contribution in [2.75, 3.05) is 26.7 Å². The van der Waals surface area contributed by atoms with Gasteiger partial charge in [0.15, 0.2) is 0 Å². The van der Waals surface area contributed by atoms with Crippen molar-refractivity contribution < 1.29 is 9.90 Å². The number of likely N-dealkylation sites (tertiary alicyclic amines) is 1. The number of carboxylic acids is 1. The summed E-state index contributed by atoms with van der Waals surface area (Å²) in [6.45, 7) is 6.95. The van der Waals surface area contributed by atoms with Crippen LogP contribution in [0.1, 0.15) is 26.7 Å². The lowest BCUT2D eigenvalue weighted by atomic mass is 9.80. The lowest BCUT2D eigenvalue weighted by Gasteiger charge is -2.38. The second-order valence-electron chi connectivity index (χ2n) is 5.05. The summed E-state index contributed by atoms with van der Waals surface area (Å²) in [5.74, 6) is -0.772. The van der Waals surface area contributed by atoms with Crippen molar-refractivity contribution in [3.05, 3.63) is 0 Å². The molecule has 1 rings (SSSR count). The van der Waals surface area contributed by atoms with Gasteiger partial charge in [0.05, 0.1) is 0 Å². The molecule has 1 unspecified atom stereocenters. The van der Waals surface area contributed by atoms with Crippen LogP contribution in [0.25, 0.3) is 0 Å². The molecule has 0 bridgehead atoms. The van der Waals surface area contributed by atoms with Crippen molar-refractivity contribution in [1.82, 2.24) is 10.2 Å². The van der Waals surface area contributed by atoms with Gasteiger partial charge >= 0.3 is 5.97 Å². The fourth-order valence-electron chi connectivity index (χ4n) is 1.82. The highest BCUT2D eigenvalue weighted by molar-refractivity contribution is 5.72. The van der Waals surface area contributed by atoms with Crippen LogP contribution in [-0.4, -0.2) is 48.7 Å². The minimum Gasteiger partial charge on any atom is -0.480 e. The normalized spacial score (nSPS) is 23.7. The Kier molecular flexibility index (Phi) is 4.11. The Balaban J connectivity index is 2.34. The van der Waals surface area contributed by atoms with E-state index in [1.165, 1.54) is 0 Å². The zero-order valence-corrected chi connectivity index (χ0v) is 9.92. The number of nitrogens with zero attached hydrogens (tertiary/aromatic N) is 1. The highest BCUT2D eigenvalue weighted by Gasteiger charge is 2.29. The predicted octanol–water partition coefficient (Wildman–Crippen LogP) is 0.781. The van der Waals surface area contributed by atoms with Crippen LogP contribution in [0.4, 0.5) is 0 Å². The maximum absolute atomic E-state index is 10.7. The fourth-order valence-corrected chi connectivity index (χ4v) is 1.82. The summed E-state index contributed by atoms with van der Waals surface area (Å²) in [7, 11) is 2.13. The van der Waals surface area contributed by atoms with Crippen LogP contribution in [0.2, 0.25) is 0 Å². The van der Waals surface area contributed by atoms with Crippen molar-refractivity contribution in [1.29, 1.82) is 0 Å². The topological polar surface area (TPSA) is 52.6 Å². The molecule has 4 nitrogen and oxygen atoms in total. The van der Waals surface area contributed by atoms with E-state index in [4.69, 9.17) is 5.11 Å². The van der Waals surface area contributed by atoms with E-state index in [0.717, 1.165) is 32.5 Å². The first-order chi connectivity index (χ1) is 6.93. The van der Waals surface area contributed by atoms with Gasteiger partial charge in [-0.3, -0.25) is 4.79 Å². The second-order valence-corrected chi connectivity index (χ2v) is 5.05. The summed E-state index contributed by atoms with van der Waals surface area (Å²) in [6.07, 6.45) is 2.28. The molecule has 0 amide bonds. The molecule has 0 radical (unpaired) electrons. The van der Waals surface area contributed by atoms with Gasteiger partial charge in [-0.05, 0) is 45.3 Å². The first-order valence-corrected chi connectivity index (χ1v) is 5.58. The quantitative estimate of drug-likeness (QED) is 0.726. The van der Waals surface area contributed by atoms with E-state index in [9.17, 15) is 4.79 Å². The Morgan fingerprint density at radius 1 is 1.53 bits per heavy atom. The maximum Gasteiger partial charge on any atom is 0.320 e. The van der Waals surface area contributed by atoms with E-state index in [1.807, 2.05) is 0 Å². The molecule has 4 heteroatoms. The number of aliphatic carboxylic acids is 1. The zero-order valence-electron chi connectivity index (χ0n) is 9.92. The van der Waals surface area contributed by atoms with Gasteiger partial charge in [0.1, 0.15) is 6.04 Å². The number of hydrogen-bond acceptors (Lipinski definition) is 3. The molecule has 0 aromatic heterocycles. The molecule has 2 N–H and O–H groups in total. The van der Waals surface area contributed by atoms with E-state index in [-0.39, 0.29) is 5.41 Å². The minimum absolute atomic E-state index is 0.260. The van der Waals surface area contributed by atoms with E-state index in [2.05, 4.69) is 24.2 Å². The SMILES string of the molecule is CC(NCC1(C)CCN(C)CC1)C(=O)O. The van der Waals surface area contributed by atoms with Crippen LogP contribution in [0, 0.1) is 5.41 Å². The Bertz CT molecular complexity index is 223. The van der Waals surface area contributed by atoms with Crippen LogP contribution in [0.3, 0.4) is 0 Å². The summed E-state index contributed by atoms with van der Waals surface area (Å²) in [6, 6.07) is -0.443. The molecule has 1 fully saturated rings. The van der Waals surface area contributed by atoms with Gasteiger partial charge in [-0.15, -0.1) is 0 Å². The van der Waals surface area contributed by atoms with Crippen molar-refractivity contribution in [2.45, 2.75) is 32.7 Å². The number of nitrogens with one attached hydrogen (secondary N) is 1. The monoisotopic (exact) mass is 214 g/mol. The molecule has 88 valence electrons. The number of hydrogen-bond donors (Lipinski definition) is 2. The van der Waals surface area contributed by atoms with E-state index in [1.54, 1.807) is 6.92 Å². The number of rotatable bonds is 4. The molecule has 1 aliphatic heterocycles. The van der Waals surface area contributed by atoms with Crippen LogP contribution in [0.15, 0.2) is 0 Å². The molecule has 0 saturated carbocycles.